The van der Waals surface area contributed by atoms with E-state index in [1.807, 2.05) is 12.1 Å². The van der Waals surface area contributed by atoms with Crippen molar-refractivity contribution >= 4 is 0 Å². The van der Waals surface area contributed by atoms with Crippen molar-refractivity contribution in [2.75, 3.05) is 19.6 Å². The molecule has 2 heterocycles. The number of hydrogen-bond donors (Lipinski definition) is 1. The molecule has 2 fully saturated rings. The number of aromatic hydroxyl groups is 1. The molecule has 3 unspecified atom stereocenters. The Morgan fingerprint density at radius 1 is 1.24 bits per heavy atom. The lowest BCUT2D eigenvalue weighted by atomic mass is 10.0. The molecule has 0 saturated carbocycles. The molecule has 3 heteroatoms. The lowest BCUT2D eigenvalue weighted by molar-refractivity contribution is 0.0307. The van der Waals surface area contributed by atoms with Crippen molar-refractivity contribution in [1.29, 1.82) is 0 Å². The van der Waals surface area contributed by atoms with E-state index in [0.29, 0.717) is 17.8 Å². The normalized spacial score (nSPS) is 28.5. The van der Waals surface area contributed by atoms with Gasteiger partial charge in [0.2, 0.25) is 0 Å². The number of hydrogen-bond acceptors (Lipinski definition) is 3. The summed E-state index contributed by atoms with van der Waals surface area (Å²) in [5.74, 6) is 0.359. The Hall–Kier alpha value is -1.06. The third-order valence-electron chi connectivity index (χ3n) is 5.34. The number of aryl methyl sites for hydroxylation is 1. The molecule has 1 aromatic rings. The van der Waals surface area contributed by atoms with E-state index < -0.39 is 0 Å². The molecule has 2 aliphatic heterocycles. The van der Waals surface area contributed by atoms with Gasteiger partial charge in [0, 0.05) is 31.2 Å². The van der Waals surface area contributed by atoms with Gasteiger partial charge < -0.3 is 5.11 Å². The second-order valence-electron chi connectivity index (χ2n) is 6.89. The molecule has 1 aromatic carbocycles. The molecule has 1 N–H and O–H groups in total. The molecule has 0 bridgehead atoms. The standard InChI is InChI=1S/C18H28N2O/c1-14(5-6-16-7-9-18(21)10-8-16)20-13-17-4-3-11-19(17)12-15(20)2/h7-10,14-15,17,21H,3-6,11-13H2,1-2H3. The first-order valence-electron chi connectivity index (χ1n) is 8.41. The largest absolute Gasteiger partial charge is 0.508 e. The number of phenols is 1. The summed E-state index contributed by atoms with van der Waals surface area (Å²) < 4.78 is 0. The Labute approximate surface area is 128 Å². The van der Waals surface area contributed by atoms with Gasteiger partial charge in [-0.3, -0.25) is 9.80 Å². The van der Waals surface area contributed by atoms with Gasteiger partial charge in [0.05, 0.1) is 0 Å². The average Bonchev–Trinajstić information content (AvgIpc) is 2.92. The highest BCUT2D eigenvalue weighted by Gasteiger charge is 2.35. The fraction of sp³-hybridized carbons (Fsp3) is 0.667. The van der Waals surface area contributed by atoms with E-state index in [9.17, 15) is 5.11 Å². The zero-order chi connectivity index (χ0) is 14.8. The third kappa shape index (κ3) is 3.41. The van der Waals surface area contributed by atoms with E-state index in [0.717, 1.165) is 12.5 Å². The number of fused-ring (bicyclic) bond motifs is 1. The molecule has 0 radical (unpaired) electrons. The molecule has 0 aromatic heterocycles. The molecule has 3 atom stereocenters. The predicted octanol–water partition coefficient (Wildman–Crippen LogP) is 2.88. The van der Waals surface area contributed by atoms with Gasteiger partial charge in [0.15, 0.2) is 0 Å². The molecule has 116 valence electrons. The van der Waals surface area contributed by atoms with E-state index in [1.54, 1.807) is 12.1 Å². The number of benzene rings is 1. The molecule has 0 aliphatic carbocycles. The Kier molecular flexibility index (Phi) is 4.51. The van der Waals surface area contributed by atoms with E-state index in [-0.39, 0.29) is 0 Å². The summed E-state index contributed by atoms with van der Waals surface area (Å²) in [4.78, 5) is 5.40. The molecule has 21 heavy (non-hydrogen) atoms. The summed E-state index contributed by atoms with van der Waals surface area (Å²) in [5, 5.41) is 9.35. The molecular weight excluding hydrogens is 260 g/mol. The number of nitrogens with zero attached hydrogens (tertiary/aromatic N) is 2. The van der Waals surface area contributed by atoms with Gasteiger partial charge >= 0.3 is 0 Å². The molecule has 0 amide bonds. The molecular formula is C18H28N2O. The highest BCUT2D eigenvalue weighted by molar-refractivity contribution is 5.25. The van der Waals surface area contributed by atoms with E-state index >= 15 is 0 Å². The van der Waals surface area contributed by atoms with E-state index in [2.05, 4.69) is 23.6 Å². The van der Waals surface area contributed by atoms with Gasteiger partial charge in [0.1, 0.15) is 5.75 Å². The molecule has 2 saturated heterocycles. The predicted molar refractivity (Wildman–Crippen MR) is 86.7 cm³/mol. The quantitative estimate of drug-likeness (QED) is 0.923. The summed E-state index contributed by atoms with van der Waals surface area (Å²) >= 11 is 0. The van der Waals surface area contributed by atoms with Crippen molar-refractivity contribution in [3.05, 3.63) is 29.8 Å². The number of rotatable bonds is 4. The summed E-state index contributed by atoms with van der Waals surface area (Å²) in [7, 11) is 0. The average molecular weight is 288 g/mol. The summed E-state index contributed by atoms with van der Waals surface area (Å²) in [5.41, 5.74) is 1.33. The van der Waals surface area contributed by atoms with E-state index in [4.69, 9.17) is 0 Å². The van der Waals surface area contributed by atoms with Gasteiger partial charge in [0.25, 0.3) is 0 Å². The van der Waals surface area contributed by atoms with Crippen molar-refractivity contribution in [1.82, 2.24) is 9.80 Å². The van der Waals surface area contributed by atoms with Crippen LogP contribution in [0.1, 0.15) is 38.7 Å². The summed E-state index contributed by atoms with van der Waals surface area (Å²) in [6.07, 6.45) is 5.06. The van der Waals surface area contributed by atoms with Crippen LogP contribution in [0, 0.1) is 0 Å². The minimum atomic E-state index is 0.359. The van der Waals surface area contributed by atoms with Gasteiger partial charge in [-0.05, 0) is 63.8 Å². The van der Waals surface area contributed by atoms with Crippen LogP contribution < -0.4 is 0 Å². The van der Waals surface area contributed by atoms with Gasteiger partial charge in [-0.25, -0.2) is 0 Å². The van der Waals surface area contributed by atoms with Crippen molar-refractivity contribution in [3.63, 3.8) is 0 Å². The Bertz CT molecular complexity index is 459. The van der Waals surface area contributed by atoms with Crippen molar-refractivity contribution in [2.24, 2.45) is 0 Å². The lowest BCUT2D eigenvalue weighted by Crippen LogP contribution is -2.57. The van der Waals surface area contributed by atoms with Crippen LogP contribution in [0.3, 0.4) is 0 Å². The second kappa shape index (κ2) is 6.37. The van der Waals surface area contributed by atoms with Gasteiger partial charge in [-0.15, -0.1) is 0 Å². The van der Waals surface area contributed by atoms with Crippen LogP contribution in [0.15, 0.2) is 24.3 Å². The monoisotopic (exact) mass is 288 g/mol. The van der Waals surface area contributed by atoms with Crippen molar-refractivity contribution in [2.45, 2.75) is 57.7 Å². The first kappa shape index (κ1) is 14.9. The van der Waals surface area contributed by atoms with Crippen LogP contribution in [0.4, 0.5) is 0 Å². The zero-order valence-corrected chi connectivity index (χ0v) is 13.3. The maximum Gasteiger partial charge on any atom is 0.115 e. The Morgan fingerprint density at radius 3 is 2.76 bits per heavy atom. The minimum absolute atomic E-state index is 0.359. The maximum absolute atomic E-state index is 9.35. The van der Waals surface area contributed by atoms with Crippen LogP contribution in [0.5, 0.6) is 5.75 Å². The van der Waals surface area contributed by atoms with Crippen LogP contribution in [-0.4, -0.2) is 52.7 Å². The topological polar surface area (TPSA) is 26.7 Å². The molecule has 0 spiro atoms. The van der Waals surface area contributed by atoms with Crippen molar-refractivity contribution < 1.29 is 5.11 Å². The maximum atomic E-state index is 9.35. The zero-order valence-electron chi connectivity index (χ0n) is 13.3. The smallest absolute Gasteiger partial charge is 0.115 e. The highest BCUT2D eigenvalue weighted by Crippen LogP contribution is 2.27. The molecule has 3 rings (SSSR count). The highest BCUT2D eigenvalue weighted by atomic mass is 16.3. The SMILES string of the molecule is CC(CCc1ccc(O)cc1)N1CC2CCCN2CC1C. The van der Waals surface area contributed by atoms with Crippen LogP contribution in [0.25, 0.3) is 0 Å². The van der Waals surface area contributed by atoms with Gasteiger partial charge in [-0.1, -0.05) is 12.1 Å². The third-order valence-corrected chi connectivity index (χ3v) is 5.34. The van der Waals surface area contributed by atoms with E-state index in [1.165, 1.54) is 44.5 Å². The molecule has 2 aliphatic rings. The second-order valence-corrected chi connectivity index (χ2v) is 6.89. The molecule has 3 nitrogen and oxygen atoms in total. The Morgan fingerprint density at radius 2 is 2.00 bits per heavy atom. The Balaban J connectivity index is 1.54. The van der Waals surface area contributed by atoms with Crippen LogP contribution >= 0.6 is 0 Å². The van der Waals surface area contributed by atoms with Crippen molar-refractivity contribution in [3.8, 4) is 5.75 Å². The minimum Gasteiger partial charge on any atom is -0.508 e. The fourth-order valence-corrected chi connectivity index (χ4v) is 4.03. The summed E-state index contributed by atoms with van der Waals surface area (Å²) in [6.45, 7) is 8.56. The van der Waals surface area contributed by atoms with Gasteiger partial charge in [-0.2, -0.15) is 0 Å². The number of phenolic OH excluding ortho intramolecular Hbond substituents is 1. The van der Waals surface area contributed by atoms with Crippen LogP contribution in [-0.2, 0) is 6.42 Å². The lowest BCUT2D eigenvalue weighted by Gasteiger charge is -2.45. The first-order valence-corrected chi connectivity index (χ1v) is 8.41. The summed E-state index contributed by atoms with van der Waals surface area (Å²) in [6, 6.07) is 9.78. The van der Waals surface area contributed by atoms with Crippen LogP contribution in [0.2, 0.25) is 0 Å². The fourth-order valence-electron chi connectivity index (χ4n) is 4.03. The number of piperazine rings is 1. The first-order chi connectivity index (χ1) is 10.1.